The summed E-state index contributed by atoms with van der Waals surface area (Å²) in [5.41, 5.74) is 1.75. The normalized spacial score (nSPS) is 10.8. The number of rotatable bonds is 9. The van der Waals surface area contributed by atoms with Gasteiger partial charge in [0, 0.05) is 25.8 Å². The molecule has 0 aliphatic heterocycles. The molecule has 0 saturated heterocycles. The van der Waals surface area contributed by atoms with Crippen molar-refractivity contribution in [1.82, 2.24) is 19.8 Å². The van der Waals surface area contributed by atoms with Crippen LogP contribution in [0.4, 0.5) is 0 Å². The number of carbonyl (C=O) groups excluding carboxylic acids is 1. The molecule has 0 bridgehead atoms. The number of nitrogens with two attached hydrogens (primary N) is 1. The van der Waals surface area contributed by atoms with Crippen molar-refractivity contribution in [3.8, 4) is 11.4 Å². The summed E-state index contributed by atoms with van der Waals surface area (Å²) >= 11 is 7.46. The molecule has 0 atom stereocenters. The number of benzene rings is 2. The van der Waals surface area contributed by atoms with E-state index >= 15 is 0 Å². The van der Waals surface area contributed by atoms with Gasteiger partial charge >= 0.3 is 0 Å². The molecule has 9 heteroatoms. The Balaban J connectivity index is 1.67. The van der Waals surface area contributed by atoms with Gasteiger partial charge in [0.15, 0.2) is 5.82 Å². The summed E-state index contributed by atoms with van der Waals surface area (Å²) in [5.74, 6) is 6.75. The highest BCUT2D eigenvalue weighted by molar-refractivity contribution is 7.99. The molecule has 0 unspecified atom stereocenters. The van der Waals surface area contributed by atoms with Crippen molar-refractivity contribution >= 4 is 29.3 Å². The fraction of sp³-hybridized carbons (Fsp3) is 0.250. The van der Waals surface area contributed by atoms with Gasteiger partial charge in [0.2, 0.25) is 11.1 Å². The molecule has 29 heavy (non-hydrogen) atoms. The smallest absolute Gasteiger partial charge is 0.233 e. The number of ether oxygens (including phenoxy) is 1. The van der Waals surface area contributed by atoms with Gasteiger partial charge in [0.25, 0.3) is 0 Å². The summed E-state index contributed by atoms with van der Waals surface area (Å²) in [7, 11) is 1.62. The molecule has 0 fully saturated rings. The molecule has 1 heterocycles. The summed E-state index contributed by atoms with van der Waals surface area (Å²) in [6.07, 6.45) is 0. The zero-order valence-electron chi connectivity index (χ0n) is 16.0. The summed E-state index contributed by atoms with van der Waals surface area (Å²) in [6, 6.07) is 17.1. The maximum Gasteiger partial charge on any atom is 0.233 e. The number of halogens is 1. The van der Waals surface area contributed by atoms with E-state index in [1.54, 1.807) is 18.1 Å². The van der Waals surface area contributed by atoms with Crippen LogP contribution in [0.2, 0.25) is 5.02 Å². The second-order valence-electron chi connectivity index (χ2n) is 6.24. The molecule has 3 aromatic rings. The fourth-order valence-corrected chi connectivity index (χ4v) is 3.70. The van der Waals surface area contributed by atoms with Gasteiger partial charge in [0.05, 0.1) is 17.4 Å². The molecule has 0 spiro atoms. The molecule has 0 aliphatic rings. The quantitative estimate of drug-likeness (QED) is 0.414. The lowest BCUT2D eigenvalue weighted by Gasteiger charge is -2.22. The number of methoxy groups -OCH3 is 1. The third-order valence-electron chi connectivity index (χ3n) is 4.24. The highest BCUT2D eigenvalue weighted by atomic mass is 35.5. The first kappa shape index (κ1) is 21.2. The standard InChI is InChI=1S/C20H22ClN5O2S/c1-28-12-11-25(13-15-7-3-2-4-8-15)18(27)14-29-20-24-23-19(26(20)22)16-9-5-6-10-17(16)21/h2-10H,11-14,22H2,1H3. The molecular formula is C20H22ClN5O2S. The largest absolute Gasteiger partial charge is 0.383 e. The van der Waals surface area contributed by atoms with E-state index in [2.05, 4.69) is 10.2 Å². The van der Waals surface area contributed by atoms with Gasteiger partial charge in [-0.3, -0.25) is 4.79 Å². The zero-order chi connectivity index (χ0) is 20.6. The minimum absolute atomic E-state index is 0.0294. The van der Waals surface area contributed by atoms with E-state index in [0.29, 0.717) is 41.3 Å². The number of nitrogen functional groups attached to an aromatic ring is 1. The average Bonchev–Trinajstić information content (AvgIpc) is 3.10. The van der Waals surface area contributed by atoms with Crippen molar-refractivity contribution < 1.29 is 9.53 Å². The maximum absolute atomic E-state index is 12.8. The van der Waals surface area contributed by atoms with Gasteiger partial charge < -0.3 is 15.5 Å². The van der Waals surface area contributed by atoms with Crippen molar-refractivity contribution in [2.24, 2.45) is 0 Å². The van der Waals surface area contributed by atoms with E-state index in [4.69, 9.17) is 22.2 Å². The monoisotopic (exact) mass is 431 g/mol. The second kappa shape index (κ2) is 10.3. The number of hydrogen-bond acceptors (Lipinski definition) is 6. The number of amides is 1. The Kier molecular flexibility index (Phi) is 7.51. The SMILES string of the molecule is COCCN(Cc1ccccc1)C(=O)CSc1nnc(-c2ccccc2Cl)n1N. The molecule has 3 rings (SSSR count). The third-order valence-corrected chi connectivity index (χ3v) is 5.50. The van der Waals surface area contributed by atoms with Gasteiger partial charge in [-0.05, 0) is 17.7 Å². The van der Waals surface area contributed by atoms with E-state index in [1.165, 1.54) is 16.4 Å². The highest BCUT2D eigenvalue weighted by Crippen LogP contribution is 2.27. The second-order valence-corrected chi connectivity index (χ2v) is 7.59. The molecule has 2 aromatic carbocycles. The molecule has 0 saturated carbocycles. The van der Waals surface area contributed by atoms with Crippen molar-refractivity contribution in [3.05, 3.63) is 65.2 Å². The first-order valence-electron chi connectivity index (χ1n) is 8.99. The summed E-state index contributed by atoms with van der Waals surface area (Å²) < 4.78 is 6.50. The first-order valence-corrected chi connectivity index (χ1v) is 10.4. The Hall–Kier alpha value is -2.55. The number of aromatic nitrogens is 3. The fourth-order valence-electron chi connectivity index (χ4n) is 2.72. The molecule has 1 aromatic heterocycles. The van der Waals surface area contributed by atoms with Gasteiger partial charge in [0.1, 0.15) is 0 Å². The van der Waals surface area contributed by atoms with Crippen LogP contribution in [0.3, 0.4) is 0 Å². The molecule has 0 aliphatic carbocycles. The summed E-state index contributed by atoms with van der Waals surface area (Å²) in [6.45, 7) is 1.49. The number of hydrogen-bond donors (Lipinski definition) is 1. The van der Waals surface area contributed by atoms with Crippen LogP contribution >= 0.6 is 23.4 Å². The number of thioether (sulfide) groups is 1. The highest BCUT2D eigenvalue weighted by Gasteiger charge is 2.18. The molecule has 2 N–H and O–H groups in total. The molecule has 152 valence electrons. The van der Waals surface area contributed by atoms with E-state index in [-0.39, 0.29) is 11.7 Å². The van der Waals surface area contributed by atoms with Crippen LogP contribution in [0.5, 0.6) is 0 Å². The van der Waals surface area contributed by atoms with Gasteiger partial charge in [-0.2, -0.15) is 0 Å². The van der Waals surface area contributed by atoms with Crippen LogP contribution in [-0.2, 0) is 16.1 Å². The van der Waals surface area contributed by atoms with E-state index < -0.39 is 0 Å². The van der Waals surface area contributed by atoms with Gasteiger partial charge in [-0.15, -0.1) is 10.2 Å². The molecule has 1 amide bonds. The minimum atomic E-state index is -0.0294. The number of carbonyl (C=O) groups is 1. The van der Waals surface area contributed by atoms with Crippen LogP contribution < -0.4 is 5.84 Å². The molecule has 7 nitrogen and oxygen atoms in total. The Morgan fingerprint density at radius 2 is 1.90 bits per heavy atom. The lowest BCUT2D eigenvalue weighted by Crippen LogP contribution is -2.34. The third kappa shape index (κ3) is 5.50. The predicted molar refractivity (Wildman–Crippen MR) is 115 cm³/mol. The van der Waals surface area contributed by atoms with Gasteiger partial charge in [-0.25, -0.2) is 4.68 Å². The number of nitrogens with zero attached hydrogens (tertiary/aromatic N) is 4. The van der Waals surface area contributed by atoms with Crippen LogP contribution in [0, 0.1) is 0 Å². The van der Waals surface area contributed by atoms with Crippen molar-refractivity contribution in [3.63, 3.8) is 0 Å². The topological polar surface area (TPSA) is 86.3 Å². The van der Waals surface area contributed by atoms with Crippen LogP contribution in [0.15, 0.2) is 59.8 Å². The Morgan fingerprint density at radius 1 is 1.17 bits per heavy atom. The van der Waals surface area contributed by atoms with E-state index in [9.17, 15) is 4.79 Å². The lowest BCUT2D eigenvalue weighted by atomic mass is 10.2. The zero-order valence-corrected chi connectivity index (χ0v) is 17.6. The van der Waals surface area contributed by atoms with Crippen molar-refractivity contribution in [2.75, 3.05) is 31.9 Å². The van der Waals surface area contributed by atoms with Crippen LogP contribution in [-0.4, -0.2) is 51.7 Å². The van der Waals surface area contributed by atoms with Crippen molar-refractivity contribution in [2.45, 2.75) is 11.7 Å². The van der Waals surface area contributed by atoms with Gasteiger partial charge in [-0.1, -0.05) is 65.8 Å². The van der Waals surface area contributed by atoms with Crippen molar-refractivity contribution in [1.29, 1.82) is 0 Å². The average molecular weight is 432 g/mol. The molecule has 0 radical (unpaired) electrons. The van der Waals surface area contributed by atoms with E-state index in [1.807, 2.05) is 48.5 Å². The Bertz CT molecular complexity index is 951. The lowest BCUT2D eigenvalue weighted by molar-refractivity contribution is -0.129. The molecular weight excluding hydrogens is 410 g/mol. The predicted octanol–water partition coefficient (Wildman–Crippen LogP) is 3.08. The van der Waals surface area contributed by atoms with Crippen LogP contribution in [0.25, 0.3) is 11.4 Å². The summed E-state index contributed by atoms with van der Waals surface area (Å²) in [4.78, 5) is 14.6. The van der Waals surface area contributed by atoms with E-state index in [0.717, 1.165) is 5.56 Å². The minimum Gasteiger partial charge on any atom is -0.383 e. The Morgan fingerprint density at radius 3 is 2.62 bits per heavy atom. The summed E-state index contributed by atoms with van der Waals surface area (Å²) in [5, 5.41) is 9.21. The van der Waals surface area contributed by atoms with Crippen LogP contribution in [0.1, 0.15) is 5.56 Å². The Labute approximate surface area is 178 Å². The first-order chi connectivity index (χ1) is 14.1. The maximum atomic E-state index is 12.8.